The molecule has 4 rings (SSSR count). The molecule has 1 N–H and O–H groups in total. The summed E-state index contributed by atoms with van der Waals surface area (Å²) in [6.45, 7) is 2.73. The average Bonchev–Trinajstić information content (AvgIpc) is 3.33. The molecule has 0 unspecified atom stereocenters. The Morgan fingerprint density at radius 3 is 2.86 bits per heavy atom. The summed E-state index contributed by atoms with van der Waals surface area (Å²) in [5.41, 5.74) is 1.55. The molecule has 1 aliphatic heterocycles. The van der Waals surface area contributed by atoms with Crippen LogP contribution in [0.1, 0.15) is 39.9 Å². The standard InChI is InChI=1S/C21H20F2N2OS2/c1-13(15-5-4-14(22)11-17(15)23)24-20(26)12-25-8-6-18-16(7-10-28-18)21(25)19-3-2-9-27-19/h2-5,7,9-11,13,21H,6,8,12H2,1H3,(H,24,26)/t13-,21-/m1/s1. The van der Waals surface area contributed by atoms with E-state index in [1.165, 1.54) is 27.5 Å². The summed E-state index contributed by atoms with van der Waals surface area (Å²) in [4.78, 5) is 17.5. The number of nitrogens with one attached hydrogen (secondary N) is 1. The second-order valence-electron chi connectivity index (χ2n) is 6.89. The molecule has 2 aromatic heterocycles. The molecule has 28 heavy (non-hydrogen) atoms. The van der Waals surface area contributed by atoms with Gasteiger partial charge in [-0.05, 0) is 47.9 Å². The molecule has 2 atom stereocenters. The second-order valence-corrected chi connectivity index (χ2v) is 8.87. The highest BCUT2D eigenvalue weighted by atomic mass is 32.1. The van der Waals surface area contributed by atoms with E-state index < -0.39 is 17.7 Å². The van der Waals surface area contributed by atoms with Gasteiger partial charge in [-0.15, -0.1) is 22.7 Å². The number of carbonyl (C=O) groups is 1. The molecule has 3 nitrogen and oxygen atoms in total. The van der Waals surface area contributed by atoms with Crippen LogP contribution >= 0.6 is 22.7 Å². The molecule has 1 amide bonds. The number of carbonyl (C=O) groups excluding carboxylic acids is 1. The molecule has 146 valence electrons. The van der Waals surface area contributed by atoms with Gasteiger partial charge in [0, 0.05) is 27.9 Å². The van der Waals surface area contributed by atoms with Crippen LogP contribution in [0.5, 0.6) is 0 Å². The molecule has 3 heterocycles. The number of nitrogens with zero attached hydrogens (tertiary/aromatic N) is 1. The van der Waals surface area contributed by atoms with Crippen LogP contribution in [0.15, 0.2) is 47.2 Å². The van der Waals surface area contributed by atoms with E-state index in [-0.39, 0.29) is 24.1 Å². The van der Waals surface area contributed by atoms with Gasteiger partial charge < -0.3 is 5.32 Å². The first kappa shape index (κ1) is 19.2. The van der Waals surface area contributed by atoms with Gasteiger partial charge in [-0.25, -0.2) is 8.78 Å². The van der Waals surface area contributed by atoms with E-state index in [1.54, 1.807) is 29.6 Å². The minimum atomic E-state index is -0.648. The Balaban J connectivity index is 1.49. The Labute approximate surface area is 170 Å². The molecule has 0 saturated carbocycles. The van der Waals surface area contributed by atoms with E-state index >= 15 is 0 Å². The van der Waals surface area contributed by atoms with Gasteiger partial charge in [-0.2, -0.15) is 0 Å². The van der Waals surface area contributed by atoms with Crippen LogP contribution in [0, 0.1) is 11.6 Å². The molecule has 3 aromatic rings. The lowest BCUT2D eigenvalue weighted by Crippen LogP contribution is -2.43. The number of amides is 1. The van der Waals surface area contributed by atoms with Crippen molar-refractivity contribution in [3.05, 3.63) is 79.7 Å². The van der Waals surface area contributed by atoms with E-state index in [0.717, 1.165) is 19.0 Å². The fourth-order valence-corrected chi connectivity index (χ4v) is 5.50. The first-order valence-electron chi connectivity index (χ1n) is 9.11. The van der Waals surface area contributed by atoms with Crippen molar-refractivity contribution in [2.45, 2.75) is 25.4 Å². The van der Waals surface area contributed by atoms with Gasteiger partial charge in [0.1, 0.15) is 11.6 Å². The maximum atomic E-state index is 14.0. The number of fused-ring (bicyclic) bond motifs is 1. The number of hydrogen-bond acceptors (Lipinski definition) is 4. The van der Waals surface area contributed by atoms with E-state index in [9.17, 15) is 13.6 Å². The highest BCUT2D eigenvalue weighted by molar-refractivity contribution is 7.10. The third kappa shape index (κ3) is 3.87. The van der Waals surface area contributed by atoms with E-state index in [4.69, 9.17) is 0 Å². The highest BCUT2D eigenvalue weighted by Gasteiger charge is 2.31. The summed E-state index contributed by atoms with van der Waals surface area (Å²) in [7, 11) is 0. The Morgan fingerprint density at radius 1 is 1.25 bits per heavy atom. The van der Waals surface area contributed by atoms with Crippen molar-refractivity contribution >= 4 is 28.6 Å². The predicted octanol–water partition coefficient (Wildman–Crippen LogP) is 4.91. The maximum Gasteiger partial charge on any atom is 0.234 e. The Bertz CT molecular complexity index is 971. The molecule has 0 fully saturated rings. The molecule has 0 bridgehead atoms. The number of rotatable bonds is 5. The summed E-state index contributed by atoms with van der Waals surface area (Å²) < 4.78 is 27.1. The van der Waals surface area contributed by atoms with Crippen LogP contribution in [0.25, 0.3) is 0 Å². The normalized spacial score (nSPS) is 17.9. The van der Waals surface area contributed by atoms with Crippen molar-refractivity contribution in [1.29, 1.82) is 0 Å². The van der Waals surface area contributed by atoms with Gasteiger partial charge in [-0.3, -0.25) is 9.69 Å². The molecule has 0 spiro atoms. The fourth-order valence-electron chi connectivity index (χ4n) is 3.72. The topological polar surface area (TPSA) is 32.3 Å². The average molecular weight is 419 g/mol. The van der Waals surface area contributed by atoms with Gasteiger partial charge in [0.2, 0.25) is 5.91 Å². The molecular formula is C21H20F2N2OS2. The molecule has 0 radical (unpaired) electrons. The minimum Gasteiger partial charge on any atom is -0.348 e. The van der Waals surface area contributed by atoms with Crippen LogP contribution in [0.2, 0.25) is 0 Å². The van der Waals surface area contributed by atoms with Crippen molar-refractivity contribution in [2.24, 2.45) is 0 Å². The fraction of sp³-hybridized carbons (Fsp3) is 0.286. The molecule has 1 aromatic carbocycles. The second kappa shape index (κ2) is 8.11. The summed E-state index contributed by atoms with van der Waals surface area (Å²) >= 11 is 3.45. The lowest BCUT2D eigenvalue weighted by molar-refractivity contribution is -0.123. The van der Waals surface area contributed by atoms with Gasteiger partial charge >= 0.3 is 0 Å². The molecular weight excluding hydrogens is 398 g/mol. The van der Waals surface area contributed by atoms with Gasteiger partial charge in [0.25, 0.3) is 0 Å². The van der Waals surface area contributed by atoms with Crippen molar-refractivity contribution in [2.75, 3.05) is 13.1 Å². The summed E-state index contributed by atoms with van der Waals surface area (Å²) in [6.07, 6.45) is 0.921. The third-order valence-corrected chi connectivity index (χ3v) is 6.95. The van der Waals surface area contributed by atoms with E-state index in [2.05, 4.69) is 27.7 Å². The maximum absolute atomic E-state index is 14.0. The largest absolute Gasteiger partial charge is 0.348 e. The van der Waals surface area contributed by atoms with Crippen molar-refractivity contribution in [3.8, 4) is 0 Å². The van der Waals surface area contributed by atoms with Crippen molar-refractivity contribution in [1.82, 2.24) is 10.2 Å². The van der Waals surface area contributed by atoms with Crippen LogP contribution in [-0.2, 0) is 11.2 Å². The monoisotopic (exact) mass is 418 g/mol. The SMILES string of the molecule is C[C@@H](NC(=O)CN1CCc2sccc2[C@@H]1c1cccs1)c1ccc(F)cc1F. The molecule has 0 saturated heterocycles. The van der Waals surface area contributed by atoms with Crippen LogP contribution in [0.4, 0.5) is 8.78 Å². The molecule has 1 aliphatic rings. The zero-order valence-corrected chi connectivity index (χ0v) is 17.0. The van der Waals surface area contributed by atoms with Crippen molar-refractivity contribution < 1.29 is 13.6 Å². The zero-order chi connectivity index (χ0) is 19.7. The number of hydrogen-bond donors (Lipinski definition) is 1. The van der Waals surface area contributed by atoms with E-state index in [1.807, 2.05) is 11.4 Å². The van der Waals surface area contributed by atoms with Crippen LogP contribution < -0.4 is 5.32 Å². The summed E-state index contributed by atoms with van der Waals surface area (Å²) in [5, 5.41) is 7.00. The number of thiophene rings is 2. The summed E-state index contributed by atoms with van der Waals surface area (Å²) in [5.74, 6) is -1.44. The van der Waals surface area contributed by atoms with Gasteiger partial charge in [-0.1, -0.05) is 12.1 Å². The first-order chi connectivity index (χ1) is 13.5. The lowest BCUT2D eigenvalue weighted by Gasteiger charge is -2.35. The lowest BCUT2D eigenvalue weighted by atomic mass is 9.98. The Hall–Kier alpha value is -2.09. The van der Waals surface area contributed by atoms with Crippen molar-refractivity contribution in [3.63, 3.8) is 0 Å². The smallest absolute Gasteiger partial charge is 0.234 e. The van der Waals surface area contributed by atoms with Crippen LogP contribution in [0.3, 0.4) is 0 Å². The van der Waals surface area contributed by atoms with Gasteiger partial charge in [0.15, 0.2) is 0 Å². The number of benzene rings is 1. The van der Waals surface area contributed by atoms with Gasteiger partial charge in [0.05, 0.1) is 18.6 Å². The molecule has 0 aliphatic carbocycles. The third-order valence-electron chi connectivity index (χ3n) is 5.03. The highest BCUT2D eigenvalue weighted by Crippen LogP contribution is 2.39. The quantitative estimate of drug-likeness (QED) is 0.638. The Morgan fingerprint density at radius 2 is 2.11 bits per heavy atom. The van der Waals surface area contributed by atoms with Crippen LogP contribution in [-0.4, -0.2) is 23.9 Å². The minimum absolute atomic E-state index is 0.0682. The molecule has 7 heteroatoms. The zero-order valence-electron chi connectivity index (χ0n) is 15.3. The number of halogens is 2. The summed E-state index contributed by atoms with van der Waals surface area (Å²) in [6, 6.07) is 9.23. The first-order valence-corrected chi connectivity index (χ1v) is 10.9. The predicted molar refractivity (Wildman–Crippen MR) is 109 cm³/mol. The van der Waals surface area contributed by atoms with E-state index in [0.29, 0.717) is 0 Å². The Kier molecular flexibility index (Phi) is 5.57.